The molecule has 0 saturated heterocycles. The monoisotopic (exact) mass is 816 g/mol. The molecule has 6 aromatic rings. The van der Waals surface area contributed by atoms with Crippen molar-refractivity contribution < 1.29 is 79.1 Å². The number of pyridine rings is 2. The zero-order chi connectivity index (χ0) is 36.3. The Hall–Kier alpha value is -5.09. The van der Waals surface area contributed by atoms with Crippen LogP contribution in [0.15, 0.2) is 158 Å². The summed E-state index contributed by atoms with van der Waals surface area (Å²) < 4.78 is 0. The van der Waals surface area contributed by atoms with Crippen LogP contribution in [0.5, 0.6) is 0 Å². The van der Waals surface area contributed by atoms with Gasteiger partial charge in [0.15, 0.2) is 17.3 Å². The fraction of sp³-hybridized carbons (Fsp3) is 0.0714. The van der Waals surface area contributed by atoms with E-state index in [2.05, 4.69) is 34.2 Å². The van der Waals surface area contributed by atoms with Gasteiger partial charge < -0.3 is 15.3 Å². The van der Waals surface area contributed by atoms with Gasteiger partial charge in [-0.25, -0.2) is 0 Å². The normalized spacial score (nSPS) is 10.9. The molecule has 0 unspecified atom stereocenters. The standard InChI is InChI=1S/C12H8N2.3C10H10O2.Eu/c1-3-9-5-6-10-4-2-8-14-12(10)11(9)13-7-1;3*1-8(11)7-10(12)9-5-3-2-4-6-9;/h1-8H;3*2-7,12H,1H3;/q;;;;+3/p-3/b;3*10-7-;. The maximum Gasteiger partial charge on any atom is 3.00 e. The molecule has 8 nitrogen and oxygen atoms in total. The molecule has 51 heavy (non-hydrogen) atoms. The van der Waals surface area contributed by atoms with Crippen LogP contribution in [0.4, 0.5) is 0 Å². The molecule has 6 rings (SSSR count). The number of carbonyl (C=O) groups is 3. The minimum absolute atomic E-state index is 0. The smallest absolute Gasteiger partial charge is 0.872 e. The summed E-state index contributed by atoms with van der Waals surface area (Å²) in [6.45, 7) is 4.09. The number of aromatic nitrogens is 2. The van der Waals surface area contributed by atoms with Gasteiger partial charge in [-0.1, -0.05) is 133 Å². The van der Waals surface area contributed by atoms with E-state index in [4.69, 9.17) is 0 Å². The van der Waals surface area contributed by atoms with E-state index in [0.717, 1.165) is 40.0 Å². The van der Waals surface area contributed by atoms with Crippen LogP contribution < -0.4 is 15.3 Å². The minimum Gasteiger partial charge on any atom is -0.872 e. The zero-order valence-electron chi connectivity index (χ0n) is 28.2. The molecule has 2 aromatic heterocycles. The van der Waals surface area contributed by atoms with Crippen LogP contribution in [-0.4, -0.2) is 27.3 Å². The topological polar surface area (TPSA) is 146 Å². The van der Waals surface area contributed by atoms with E-state index in [1.54, 1.807) is 85.2 Å². The average Bonchev–Trinajstić information content (AvgIpc) is 3.13. The number of carbonyl (C=O) groups excluding carboxylic acids is 3. The van der Waals surface area contributed by atoms with Crippen LogP contribution in [0.3, 0.4) is 0 Å². The molecule has 0 fully saturated rings. The summed E-state index contributed by atoms with van der Waals surface area (Å²) in [6.07, 6.45) is 6.88. The summed E-state index contributed by atoms with van der Waals surface area (Å²) in [5, 5.41) is 35.8. The third-order valence-corrected chi connectivity index (χ3v) is 6.52. The van der Waals surface area contributed by atoms with Crippen molar-refractivity contribution >= 4 is 56.4 Å². The minimum atomic E-state index is -0.233. The van der Waals surface area contributed by atoms with Crippen molar-refractivity contribution in [1.82, 2.24) is 9.97 Å². The Kier molecular flexibility index (Phi) is 18.6. The van der Waals surface area contributed by atoms with Crippen molar-refractivity contribution in [1.29, 1.82) is 0 Å². The van der Waals surface area contributed by atoms with Crippen molar-refractivity contribution in [3.8, 4) is 0 Å². The van der Waals surface area contributed by atoms with Crippen LogP contribution in [0, 0.1) is 49.4 Å². The first-order valence-corrected chi connectivity index (χ1v) is 15.5. The van der Waals surface area contributed by atoms with Crippen LogP contribution in [0.2, 0.25) is 0 Å². The van der Waals surface area contributed by atoms with Crippen molar-refractivity contribution in [3.63, 3.8) is 0 Å². The van der Waals surface area contributed by atoms with Gasteiger partial charge in [-0.3, -0.25) is 24.4 Å². The molecule has 0 N–H and O–H groups in total. The molecule has 256 valence electrons. The number of rotatable bonds is 6. The third kappa shape index (κ3) is 15.1. The average molecular weight is 816 g/mol. The summed E-state index contributed by atoms with van der Waals surface area (Å²) in [7, 11) is 0. The van der Waals surface area contributed by atoms with Gasteiger partial charge in [-0.2, -0.15) is 0 Å². The van der Waals surface area contributed by atoms with Gasteiger partial charge in [0.2, 0.25) is 0 Å². The maximum atomic E-state index is 11.2. The summed E-state index contributed by atoms with van der Waals surface area (Å²) in [6, 6.07) is 38.3. The Morgan fingerprint density at radius 3 is 0.961 bits per heavy atom. The van der Waals surface area contributed by atoms with E-state index < -0.39 is 0 Å². The fourth-order valence-corrected chi connectivity index (χ4v) is 4.29. The Labute approximate surface area is 338 Å². The molecule has 0 amide bonds. The van der Waals surface area contributed by atoms with Gasteiger partial charge in [0.1, 0.15) is 0 Å². The largest absolute Gasteiger partial charge is 3.00 e. The SMILES string of the molecule is CC(=O)/C=C(\[O-])c1ccccc1.CC(=O)/C=C(\[O-])c1ccccc1.CC(=O)/C=C(\[O-])c1ccccc1.[Eu+3].c1cnc2c(c1)ccc1cccnc12. The predicted molar refractivity (Wildman–Crippen MR) is 192 cm³/mol. The number of nitrogens with zero attached hydrogens (tertiary/aromatic N) is 2. The molecule has 0 atom stereocenters. The molecule has 0 aliphatic rings. The van der Waals surface area contributed by atoms with Crippen LogP contribution in [-0.2, 0) is 14.4 Å². The number of ketones is 3. The van der Waals surface area contributed by atoms with Gasteiger partial charge in [-0.05, 0) is 67.8 Å². The van der Waals surface area contributed by atoms with Gasteiger partial charge in [0, 0.05) is 23.2 Å². The molecule has 0 radical (unpaired) electrons. The molecular weight excluding hydrogens is 780 g/mol. The number of hydrogen-bond donors (Lipinski definition) is 0. The quantitative estimate of drug-likeness (QED) is 0.118. The Balaban J connectivity index is 0.000000235. The Bertz CT molecular complexity index is 1900. The molecule has 0 aliphatic heterocycles. The van der Waals surface area contributed by atoms with Gasteiger partial charge >= 0.3 is 49.4 Å². The summed E-state index contributed by atoms with van der Waals surface area (Å²) in [5.41, 5.74) is 3.60. The van der Waals surface area contributed by atoms with E-state index >= 15 is 0 Å². The summed E-state index contributed by atoms with van der Waals surface area (Å²) in [5.74, 6) is -1.36. The molecule has 0 aliphatic carbocycles. The Morgan fingerprint density at radius 2 is 0.706 bits per heavy atom. The van der Waals surface area contributed by atoms with E-state index in [1.807, 2.05) is 30.3 Å². The van der Waals surface area contributed by atoms with E-state index in [-0.39, 0.29) is 84.0 Å². The number of allylic oxidation sites excluding steroid dienone is 3. The fourth-order valence-electron chi connectivity index (χ4n) is 4.29. The van der Waals surface area contributed by atoms with E-state index in [0.29, 0.717) is 16.7 Å². The van der Waals surface area contributed by atoms with Crippen molar-refractivity contribution in [2.75, 3.05) is 0 Å². The number of fused-ring (bicyclic) bond motifs is 3. The number of benzene rings is 4. The second-order valence-electron chi connectivity index (χ2n) is 10.7. The molecular formula is C42H35EuN2O6. The second-order valence-corrected chi connectivity index (χ2v) is 10.7. The third-order valence-electron chi connectivity index (χ3n) is 6.52. The molecule has 0 spiro atoms. The first kappa shape index (κ1) is 42.1. The zero-order valence-corrected chi connectivity index (χ0v) is 30.7. The molecule has 9 heteroatoms. The summed E-state index contributed by atoms with van der Waals surface area (Å²) in [4.78, 5) is 40.3. The van der Waals surface area contributed by atoms with Crippen molar-refractivity contribution in [3.05, 3.63) is 175 Å². The predicted octanol–water partition coefficient (Wildman–Crippen LogP) is 5.71. The number of hydrogen-bond acceptors (Lipinski definition) is 8. The maximum absolute atomic E-state index is 11.2. The second kappa shape index (κ2) is 22.6. The van der Waals surface area contributed by atoms with Gasteiger partial charge in [0.25, 0.3) is 0 Å². The van der Waals surface area contributed by atoms with E-state index in [1.165, 1.54) is 20.8 Å². The van der Waals surface area contributed by atoms with Crippen LogP contribution in [0.25, 0.3) is 39.1 Å². The van der Waals surface area contributed by atoms with Crippen LogP contribution in [0.1, 0.15) is 37.5 Å². The van der Waals surface area contributed by atoms with Gasteiger partial charge in [0.05, 0.1) is 11.0 Å². The van der Waals surface area contributed by atoms with Crippen molar-refractivity contribution in [2.45, 2.75) is 20.8 Å². The first-order chi connectivity index (χ1) is 24.0. The van der Waals surface area contributed by atoms with Crippen molar-refractivity contribution in [2.24, 2.45) is 0 Å². The van der Waals surface area contributed by atoms with E-state index in [9.17, 15) is 29.7 Å². The molecule has 4 aromatic carbocycles. The Morgan fingerprint density at radius 1 is 0.431 bits per heavy atom. The van der Waals surface area contributed by atoms with Gasteiger partial charge in [-0.15, -0.1) is 0 Å². The molecule has 0 bridgehead atoms. The molecule has 0 saturated carbocycles. The van der Waals surface area contributed by atoms with Crippen LogP contribution >= 0.6 is 0 Å². The molecule has 2 heterocycles. The summed E-state index contributed by atoms with van der Waals surface area (Å²) >= 11 is 0. The first-order valence-electron chi connectivity index (χ1n) is 15.5.